The molecule has 1 aliphatic heterocycles. The molecule has 0 bridgehead atoms. The van der Waals surface area contributed by atoms with Gasteiger partial charge in [-0.3, -0.25) is 4.99 Å². The zero-order valence-electron chi connectivity index (χ0n) is 31.5. The number of thioether (sulfide) groups is 1. The molecule has 4 heteroatoms. The average molecular weight is 750 g/mol. The maximum atomic E-state index is 5.18. The van der Waals surface area contributed by atoms with Crippen molar-refractivity contribution in [3.05, 3.63) is 226 Å². The Morgan fingerprint density at radius 1 is 0.561 bits per heavy atom. The molecule has 7 aromatic carbocycles. The van der Waals surface area contributed by atoms with Gasteiger partial charge in [0.1, 0.15) is 0 Å². The summed E-state index contributed by atoms with van der Waals surface area (Å²) in [5.74, 6) is 1.55. The number of hydrogen-bond acceptors (Lipinski definition) is 2. The number of hydrogen-bond donors (Lipinski definition) is 0. The highest BCUT2D eigenvalue weighted by Crippen LogP contribution is 2.56. The van der Waals surface area contributed by atoms with Gasteiger partial charge < -0.3 is 0 Å². The lowest BCUT2D eigenvalue weighted by Gasteiger charge is -2.19. The van der Waals surface area contributed by atoms with Crippen LogP contribution in [0.25, 0.3) is 39.0 Å². The highest BCUT2D eigenvalue weighted by molar-refractivity contribution is 8.03. The van der Waals surface area contributed by atoms with Crippen LogP contribution in [-0.4, -0.2) is 18.4 Å². The quantitative estimate of drug-likeness (QED) is 0.118. The van der Waals surface area contributed by atoms with Gasteiger partial charge in [0.15, 0.2) is 11.7 Å². The maximum Gasteiger partial charge on any atom is 0.161 e. The highest BCUT2D eigenvalue weighted by atomic mass is 32.2. The molecule has 3 nitrogen and oxygen atoms in total. The van der Waals surface area contributed by atoms with Crippen LogP contribution in [0.4, 0.5) is 0 Å². The monoisotopic (exact) mass is 749 g/mol. The van der Waals surface area contributed by atoms with Crippen LogP contribution in [0.2, 0.25) is 0 Å². The van der Waals surface area contributed by atoms with Crippen molar-refractivity contribution < 1.29 is 0 Å². The minimum absolute atomic E-state index is 0.387. The largest absolute Gasteiger partial charge is 0.261 e. The molecular formula is C53H39N3S. The molecule has 1 unspecified atom stereocenters. The van der Waals surface area contributed by atoms with Gasteiger partial charge in [0.2, 0.25) is 0 Å². The fraction of sp³-hybridized carbons (Fsp3) is 0.0755. The first-order chi connectivity index (χ1) is 28.2. The van der Waals surface area contributed by atoms with Crippen molar-refractivity contribution in [2.24, 2.45) is 15.0 Å². The number of benzene rings is 7. The topological polar surface area (TPSA) is 37.1 Å². The molecular weight excluding hydrogens is 711 g/mol. The van der Waals surface area contributed by atoms with Gasteiger partial charge in [-0.25, -0.2) is 9.98 Å². The van der Waals surface area contributed by atoms with E-state index >= 15 is 0 Å². The summed E-state index contributed by atoms with van der Waals surface area (Å²) in [5.41, 5.74) is 17.2. The number of aliphatic imine (C=N–C) groups is 3. The lowest BCUT2D eigenvalue weighted by atomic mass is 9.84. The Bertz CT molecular complexity index is 2780. The van der Waals surface area contributed by atoms with E-state index < -0.39 is 0 Å². The second-order valence-electron chi connectivity index (χ2n) is 14.8. The summed E-state index contributed by atoms with van der Waals surface area (Å²) in [4.78, 5) is 17.5. The summed E-state index contributed by atoms with van der Waals surface area (Å²) in [6.07, 6.45) is 6.60. The van der Waals surface area contributed by atoms with Crippen LogP contribution in [0.1, 0.15) is 51.3 Å². The number of amidine groups is 2. The zero-order chi connectivity index (χ0) is 38.1. The van der Waals surface area contributed by atoms with Crippen molar-refractivity contribution in [3.63, 3.8) is 0 Å². The van der Waals surface area contributed by atoms with Gasteiger partial charge in [-0.05, 0) is 91.2 Å². The van der Waals surface area contributed by atoms with E-state index in [9.17, 15) is 0 Å². The van der Waals surface area contributed by atoms with E-state index in [0.717, 1.165) is 35.1 Å². The van der Waals surface area contributed by atoms with Gasteiger partial charge in [0.25, 0.3) is 0 Å². The second-order valence-corrected chi connectivity index (χ2v) is 15.9. The first-order valence-corrected chi connectivity index (χ1v) is 20.3. The number of nitrogens with zero attached hydrogens (tertiary/aromatic N) is 3. The summed E-state index contributed by atoms with van der Waals surface area (Å²) in [7, 11) is 0. The molecule has 0 spiro atoms. The molecule has 10 rings (SSSR count). The molecule has 0 fully saturated rings. The minimum Gasteiger partial charge on any atom is -0.261 e. The van der Waals surface area contributed by atoms with Crippen LogP contribution in [0.5, 0.6) is 0 Å². The SMILES string of the molecule is C=NC(=NC(=NCc1ccc2c(c1)Cc1ccccc1-2)c1ccc(-c2cccc3c2SC2=CC=C(c4ccccc4)CC23)cc1)c1ccc(-c2ccccc2)cc1. The first-order valence-electron chi connectivity index (χ1n) is 19.5. The summed E-state index contributed by atoms with van der Waals surface area (Å²) in [6, 6.07) is 60.4. The summed E-state index contributed by atoms with van der Waals surface area (Å²) < 4.78 is 0. The third-order valence-electron chi connectivity index (χ3n) is 11.3. The number of allylic oxidation sites excluding steroid dienone is 4. The van der Waals surface area contributed by atoms with Crippen molar-refractivity contribution in [2.45, 2.75) is 30.2 Å². The predicted molar refractivity (Wildman–Crippen MR) is 240 cm³/mol. The van der Waals surface area contributed by atoms with Gasteiger partial charge in [-0.1, -0.05) is 194 Å². The van der Waals surface area contributed by atoms with Crippen LogP contribution in [-0.2, 0) is 13.0 Å². The van der Waals surface area contributed by atoms with E-state index in [-0.39, 0.29) is 0 Å². The van der Waals surface area contributed by atoms with Crippen LogP contribution < -0.4 is 0 Å². The van der Waals surface area contributed by atoms with Crippen molar-refractivity contribution in [1.29, 1.82) is 0 Å². The normalized spacial score (nSPS) is 15.5. The standard InChI is InChI=1S/C53H39N3S/c1-54-52(40-24-20-38(21-25-40)36-11-4-2-5-12-36)56-53(55-34-35-19-29-46-44(31-35)32-43-15-8-9-16-45(43)46)41-26-22-39(23-27-41)47-17-10-18-48-49-33-42(37-13-6-3-7-14-37)28-30-50(49)57-51(47)48/h2-31,49H,1,32-34H2. The average Bonchev–Trinajstić information content (AvgIpc) is 3.85. The van der Waals surface area contributed by atoms with Crippen molar-refractivity contribution in [3.8, 4) is 33.4 Å². The predicted octanol–water partition coefficient (Wildman–Crippen LogP) is 13.2. The molecule has 57 heavy (non-hydrogen) atoms. The van der Waals surface area contributed by atoms with Gasteiger partial charge in [0.05, 0.1) is 6.54 Å². The Labute approximate surface area is 338 Å². The molecule has 0 radical (unpaired) electrons. The summed E-state index contributed by atoms with van der Waals surface area (Å²) in [6.45, 7) is 4.44. The molecule has 1 heterocycles. The van der Waals surface area contributed by atoms with Crippen molar-refractivity contribution in [2.75, 3.05) is 0 Å². The fourth-order valence-corrected chi connectivity index (χ4v) is 9.75. The Balaban J connectivity index is 0.969. The Morgan fingerprint density at radius 3 is 1.98 bits per heavy atom. The minimum atomic E-state index is 0.387. The van der Waals surface area contributed by atoms with E-state index in [2.05, 4.69) is 188 Å². The summed E-state index contributed by atoms with van der Waals surface area (Å²) >= 11 is 1.92. The summed E-state index contributed by atoms with van der Waals surface area (Å²) in [5, 5.41) is 0. The molecule has 0 aromatic heterocycles. The van der Waals surface area contributed by atoms with E-state index in [1.54, 1.807) is 0 Å². The van der Waals surface area contributed by atoms with Crippen molar-refractivity contribution >= 4 is 35.7 Å². The molecule has 1 atom stereocenters. The lowest BCUT2D eigenvalue weighted by Crippen LogP contribution is -2.06. The molecule has 272 valence electrons. The fourth-order valence-electron chi connectivity index (χ4n) is 8.40. The van der Waals surface area contributed by atoms with Crippen LogP contribution in [0, 0.1) is 0 Å². The van der Waals surface area contributed by atoms with E-state index in [4.69, 9.17) is 9.98 Å². The molecule has 7 aromatic rings. The van der Waals surface area contributed by atoms with Crippen LogP contribution in [0.15, 0.2) is 207 Å². The maximum absolute atomic E-state index is 5.18. The first kappa shape index (κ1) is 34.8. The van der Waals surface area contributed by atoms with Gasteiger partial charge in [-0.15, -0.1) is 0 Å². The van der Waals surface area contributed by atoms with E-state index in [0.29, 0.717) is 24.1 Å². The molecule has 3 aliphatic rings. The third-order valence-corrected chi connectivity index (χ3v) is 12.7. The smallest absolute Gasteiger partial charge is 0.161 e. The second kappa shape index (κ2) is 15.1. The third kappa shape index (κ3) is 6.83. The molecule has 2 aliphatic carbocycles. The van der Waals surface area contributed by atoms with E-state index in [1.165, 1.54) is 65.4 Å². The van der Waals surface area contributed by atoms with Crippen LogP contribution in [0.3, 0.4) is 0 Å². The Kier molecular flexibility index (Phi) is 9.25. The van der Waals surface area contributed by atoms with E-state index in [1.807, 2.05) is 17.8 Å². The van der Waals surface area contributed by atoms with Crippen molar-refractivity contribution in [1.82, 2.24) is 0 Å². The molecule has 0 amide bonds. The number of fused-ring (bicyclic) bond motifs is 6. The molecule has 0 N–H and O–H groups in total. The van der Waals surface area contributed by atoms with Crippen LogP contribution >= 0.6 is 11.8 Å². The zero-order valence-corrected chi connectivity index (χ0v) is 32.3. The Hall–Kier alpha value is -6.62. The lowest BCUT2D eigenvalue weighted by molar-refractivity contribution is 0.851. The number of rotatable bonds is 7. The molecule has 0 saturated carbocycles. The van der Waals surface area contributed by atoms with Gasteiger partial charge in [0, 0.05) is 21.9 Å². The van der Waals surface area contributed by atoms with Gasteiger partial charge in [-0.2, -0.15) is 0 Å². The van der Waals surface area contributed by atoms with Gasteiger partial charge >= 0.3 is 0 Å². The molecule has 0 saturated heterocycles. The highest BCUT2D eigenvalue weighted by Gasteiger charge is 2.32. The Morgan fingerprint density at radius 2 is 1.21 bits per heavy atom.